The second kappa shape index (κ2) is 4.79. The summed E-state index contributed by atoms with van der Waals surface area (Å²) in [5.74, 6) is 0.531. The topological polar surface area (TPSA) is 68.8 Å². The van der Waals surface area contributed by atoms with Crippen LogP contribution < -0.4 is 11.1 Å². The van der Waals surface area contributed by atoms with Gasteiger partial charge in [-0.2, -0.15) is 0 Å². The first kappa shape index (κ1) is 12.9. The lowest BCUT2D eigenvalue weighted by Gasteiger charge is -2.13. The summed E-state index contributed by atoms with van der Waals surface area (Å²) in [4.78, 5) is 9.86. The van der Waals surface area contributed by atoms with Crippen molar-refractivity contribution in [3.8, 4) is 0 Å². The highest BCUT2D eigenvalue weighted by atomic mass is 32.1. The van der Waals surface area contributed by atoms with Crippen molar-refractivity contribution in [3.05, 3.63) is 34.3 Å². The maximum atomic E-state index is 5.82. The van der Waals surface area contributed by atoms with Gasteiger partial charge in [-0.25, -0.2) is 9.97 Å². The Bertz CT molecular complexity index is 758. The molecule has 6 heteroatoms. The Morgan fingerprint density at radius 1 is 1.40 bits per heavy atom. The van der Waals surface area contributed by atoms with E-state index in [2.05, 4.69) is 22.2 Å². The van der Waals surface area contributed by atoms with Crippen LogP contribution in [-0.2, 0) is 7.05 Å². The number of benzene rings is 1. The van der Waals surface area contributed by atoms with Crippen LogP contribution in [0.1, 0.15) is 22.9 Å². The molecule has 1 atom stereocenters. The fourth-order valence-electron chi connectivity index (χ4n) is 2.21. The van der Waals surface area contributed by atoms with Crippen molar-refractivity contribution in [2.24, 2.45) is 7.05 Å². The average Bonchev–Trinajstić information content (AvgIpc) is 2.95. The summed E-state index contributed by atoms with van der Waals surface area (Å²) >= 11 is 1.71. The fraction of sp³-hybridized carbons (Fsp3) is 0.286. The quantitative estimate of drug-likeness (QED) is 0.776. The number of nitrogens with zero attached hydrogens (tertiary/aromatic N) is 3. The van der Waals surface area contributed by atoms with Gasteiger partial charge in [0.25, 0.3) is 0 Å². The number of aryl methyl sites for hydroxylation is 2. The van der Waals surface area contributed by atoms with E-state index >= 15 is 0 Å². The van der Waals surface area contributed by atoms with Gasteiger partial charge < -0.3 is 15.6 Å². The molecule has 2 heterocycles. The van der Waals surface area contributed by atoms with Crippen molar-refractivity contribution < 1.29 is 0 Å². The Morgan fingerprint density at radius 2 is 2.20 bits per heavy atom. The summed E-state index contributed by atoms with van der Waals surface area (Å²) in [6, 6.07) is 6.33. The first-order valence-corrected chi connectivity index (χ1v) is 7.27. The molecule has 0 saturated carbocycles. The molecule has 0 aliphatic carbocycles. The summed E-state index contributed by atoms with van der Waals surface area (Å²) in [7, 11) is 1.92. The smallest absolute Gasteiger partial charge is 0.200 e. The number of thiazole rings is 1. The Kier molecular flexibility index (Phi) is 3.10. The number of aromatic nitrogens is 3. The molecule has 5 nitrogen and oxygen atoms in total. The van der Waals surface area contributed by atoms with Gasteiger partial charge in [0.05, 0.1) is 22.1 Å². The van der Waals surface area contributed by atoms with Crippen LogP contribution in [0.2, 0.25) is 0 Å². The van der Waals surface area contributed by atoms with E-state index in [9.17, 15) is 0 Å². The standard InChI is InChI=1S/C14H17N5S/c1-8(13-7-16-9(2)20-13)17-10-4-5-12-11(6-10)18-14(15)19(12)3/h4-8,17H,1-3H3,(H2,15,18)/t8-/m1/s1. The minimum atomic E-state index is 0.222. The lowest BCUT2D eigenvalue weighted by molar-refractivity contribution is 0.903. The lowest BCUT2D eigenvalue weighted by Crippen LogP contribution is -2.04. The number of anilines is 2. The van der Waals surface area contributed by atoms with Crippen molar-refractivity contribution in [1.82, 2.24) is 14.5 Å². The zero-order chi connectivity index (χ0) is 14.3. The van der Waals surface area contributed by atoms with Gasteiger partial charge >= 0.3 is 0 Å². The third-order valence-corrected chi connectivity index (χ3v) is 4.46. The van der Waals surface area contributed by atoms with E-state index < -0.39 is 0 Å². The van der Waals surface area contributed by atoms with Gasteiger partial charge in [-0.1, -0.05) is 0 Å². The summed E-state index contributed by atoms with van der Waals surface area (Å²) in [5.41, 5.74) is 8.80. The van der Waals surface area contributed by atoms with Gasteiger partial charge in [-0.15, -0.1) is 11.3 Å². The molecule has 104 valence electrons. The van der Waals surface area contributed by atoms with E-state index in [-0.39, 0.29) is 6.04 Å². The van der Waals surface area contributed by atoms with E-state index in [0.29, 0.717) is 5.95 Å². The maximum absolute atomic E-state index is 5.82. The predicted molar refractivity (Wildman–Crippen MR) is 84.0 cm³/mol. The predicted octanol–water partition coefficient (Wildman–Crippen LogP) is 3.09. The maximum Gasteiger partial charge on any atom is 0.200 e. The van der Waals surface area contributed by atoms with Gasteiger partial charge in [0, 0.05) is 23.8 Å². The first-order chi connectivity index (χ1) is 9.54. The van der Waals surface area contributed by atoms with Gasteiger partial charge in [0.2, 0.25) is 5.95 Å². The van der Waals surface area contributed by atoms with E-state index in [1.54, 1.807) is 11.3 Å². The van der Waals surface area contributed by atoms with Crippen LogP contribution in [0.15, 0.2) is 24.4 Å². The Hall–Kier alpha value is -2.08. The zero-order valence-electron chi connectivity index (χ0n) is 11.7. The average molecular weight is 287 g/mol. The fourth-order valence-corrected chi connectivity index (χ4v) is 2.99. The third kappa shape index (κ3) is 2.22. The van der Waals surface area contributed by atoms with Gasteiger partial charge in [-0.3, -0.25) is 0 Å². The molecule has 20 heavy (non-hydrogen) atoms. The number of hydrogen-bond acceptors (Lipinski definition) is 5. The molecular formula is C14H17N5S. The largest absolute Gasteiger partial charge is 0.378 e. The van der Waals surface area contributed by atoms with Crippen molar-refractivity contribution >= 4 is 34.0 Å². The van der Waals surface area contributed by atoms with Gasteiger partial charge in [0.1, 0.15) is 0 Å². The van der Waals surface area contributed by atoms with E-state index in [4.69, 9.17) is 5.73 Å². The molecule has 0 bridgehead atoms. The van der Waals surface area contributed by atoms with Crippen LogP contribution in [0.5, 0.6) is 0 Å². The second-order valence-corrected chi connectivity index (χ2v) is 6.15. The molecule has 0 spiro atoms. The summed E-state index contributed by atoms with van der Waals surface area (Å²) < 4.78 is 1.88. The molecule has 0 aliphatic rings. The molecule has 0 radical (unpaired) electrons. The Balaban J connectivity index is 1.87. The van der Waals surface area contributed by atoms with Crippen molar-refractivity contribution in [2.45, 2.75) is 19.9 Å². The van der Waals surface area contributed by atoms with Crippen LogP contribution >= 0.6 is 11.3 Å². The minimum Gasteiger partial charge on any atom is -0.378 e. The number of hydrogen-bond donors (Lipinski definition) is 2. The number of imidazole rings is 1. The molecular weight excluding hydrogens is 270 g/mol. The van der Waals surface area contributed by atoms with E-state index in [1.165, 1.54) is 4.88 Å². The van der Waals surface area contributed by atoms with Gasteiger partial charge in [0.15, 0.2) is 0 Å². The van der Waals surface area contributed by atoms with Gasteiger partial charge in [-0.05, 0) is 32.0 Å². The SMILES string of the molecule is Cc1ncc([C@@H](C)Nc2ccc3c(c2)nc(N)n3C)s1. The highest BCUT2D eigenvalue weighted by Crippen LogP contribution is 2.26. The molecule has 0 unspecified atom stereocenters. The number of fused-ring (bicyclic) bond motifs is 1. The van der Waals surface area contributed by atoms with Crippen LogP contribution in [0.3, 0.4) is 0 Å². The normalized spacial score (nSPS) is 12.8. The molecule has 1 aromatic carbocycles. The van der Waals surface area contributed by atoms with Crippen molar-refractivity contribution in [3.63, 3.8) is 0 Å². The highest BCUT2D eigenvalue weighted by Gasteiger charge is 2.10. The molecule has 0 saturated heterocycles. The minimum absolute atomic E-state index is 0.222. The Morgan fingerprint density at radius 3 is 2.90 bits per heavy atom. The molecule has 3 rings (SSSR count). The molecule has 3 N–H and O–H groups in total. The van der Waals surface area contributed by atoms with E-state index in [0.717, 1.165) is 21.7 Å². The van der Waals surface area contributed by atoms with Crippen molar-refractivity contribution in [2.75, 3.05) is 11.1 Å². The highest BCUT2D eigenvalue weighted by molar-refractivity contribution is 7.11. The van der Waals surface area contributed by atoms with Crippen LogP contribution in [-0.4, -0.2) is 14.5 Å². The van der Waals surface area contributed by atoms with Crippen molar-refractivity contribution in [1.29, 1.82) is 0 Å². The monoisotopic (exact) mass is 287 g/mol. The summed E-state index contributed by atoms with van der Waals surface area (Å²) in [6.07, 6.45) is 1.93. The second-order valence-electron chi connectivity index (χ2n) is 4.88. The number of nitrogens with one attached hydrogen (secondary N) is 1. The van der Waals surface area contributed by atoms with E-state index in [1.807, 2.05) is 42.9 Å². The molecule has 0 amide bonds. The van der Waals surface area contributed by atoms with Crippen LogP contribution in [0.25, 0.3) is 11.0 Å². The summed E-state index contributed by atoms with van der Waals surface area (Å²) in [5, 5.41) is 4.56. The number of nitrogens with two attached hydrogens (primary N) is 1. The van der Waals surface area contributed by atoms with Crippen LogP contribution in [0.4, 0.5) is 11.6 Å². The molecule has 0 aliphatic heterocycles. The third-order valence-electron chi connectivity index (χ3n) is 3.36. The number of nitrogen functional groups attached to an aromatic ring is 1. The zero-order valence-corrected chi connectivity index (χ0v) is 12.5. The molecule has 3 aromatic rings. The molecule has 2 aromatic heterocycles. The van der Waals surface area contributed by atoms with Crippen LogP contribution in [0, 0.1) is 6.92 Å². The summed E-state index contributed by atoms with van der Waals surface area (Å²) in [6.45, 7) is 4.15. The molecule has 0 fully saturated rings. The number of rotatable bonds is 3. The first-order valence-electron chi connectivity index (χ1n) is 6.45. The Labute approximate surface area is 121 Å². The lowest BCUT2D eigenvalue weighted by atomic mass is 10.2.